The lowest BCUT2D eigenvalue weighted by molar-refractivity contribution is -0.147. The molecule has 0 aliphatic heterocycles. The largest absolute Gasteiger partial charge is 0.463 e. The minimum absolute atomic E-state index is 0.125. The van der Waals surface area contributed by atoms with E-state index >= 15 is 0 Å². The second kappa shape index (κ2) is 6.85. The van der Waals surface area contributed by atoms with E-state index in [0.717, 1.165) is 0 Å². The Morgan fingerprint density at radius 2 is 1.81 bits per heavy atom. The molecule has 6 heteroatoms. The van der Waals surface area contributed by atoms with Gasteiger partial charge in [-0.2, -0.15) is 0 Å². The van der Waals surface area contributed by atoms with Gasteiger partial charge in [0.1, 0.15) is 0 Å². The van der Waals surface area contributed by atoms with Crippen LogP contribution in [0.1, 0.15) is 40.5 Å². The molecule has 5 nitrogen and oxygen atoms in total. The van der Waals surface area contributed by atoms with Crippen LogP contribution in [0.15, 0.2) is 0 Å². The molecule has 0 atom stereocenters. The van der Waals surface area contributed by atoms with Gasteiger partial charge in [-0.1, -0.05) is 0 Å². The lowest BCUT2D eigenvalue weighted by atomic mass is 10.3. The Balaban J connectivity index is 3.73. The average molecular weight is 251 g/mol. The predicted octanol–water partition coefficient (Wildman–Crippen LogP) is 1.05. The van der Waals surface area contributed by atoms with Crippen LogP contribution in [0.5, 0.6) is 0 Å². The third-order valence-electron chi connectivity index (χ3n) is 1.85. The van der Waals surface area contributed by atoms with Crippen molar-refractivity contribution >= 4 is 16.0 Å². The summed E-state index contributed by atoms with van der Waals surface area (Å²) in [4.78, 5) is 11.1. The fourth-order valence-electron chi connectivity index (χ4n) is 0.936. The van der Waals surface area contributed by atoms with Gasteiger partial charge in [0.05, 0.1) is 11.4 Å². The quantitative estimate of drug-likeness (QED) is 0.542. The summed E-state index contributed by atoms with van der Waals surface area (Å²) < 4.78 is 30.0. The normalized spacial score (nSPS) is 12.1. The van der Waals surface area contributed by atoms with Crippen LogP contribution in [0.4, 0.5) is 0 Å². The number of hydrogen-bond acceptors (Lipinski definition) is 4. The van der Waals surface area contributed by atoms with Crippen LogP contribution in [0, 0.1) is 0 Å². The topological polar surface area (TPSA) is 72.5 Å². The van der Waals surface area contributed by atoms with Gasteiger partial charge in [-0.15, -0.1) is 0 Å². The second-order valence-electron chi connectivity index (χ2n) is 4.13. The number of esters is 1. The summed E-state index contributed by atoms with van der Waals surface area (Å²) in [6, 6.07) is 0. The highest BCUT2D eigenvalue weighted by atomic mass is 32.2. The second-order valence-corrected chi connectivity index (χ2v) is 6.45. The van der Waals surface area contributed by atoms with Crippen molar-refractivity contribution in [3.63, 3.8) is 0 Å². The standard InChI is InChI=1S/C10H21NO4S/c1-8(2)15-10(12)6-5-7-11-16(13,14)9(3)4/h8-9,11H,5-7H2,1-4H3. The van der Waals surface area contributed by atoms with Crippen molar-refractivity contribution in [2.24, 2.45) is 0 Å². The van der Waals surface area contributed by atoms with Gasteiger partial charge in [0.25, 0.3) is 0 Å². The summed E-state index contributed by atoms with van der Waals surface area (Å²) in [5.74, 6) is -0.293. The van der Waals surface area contributed by atoms with Crippen molar-refractivity contribution < 1.29 is 17.9 Å². The van der Waals surface area contributed by atoms with Gasteiger partial charge in [-0.3, -0.25) is 4.79 Å². The van der Waals surface area contributed by atoms with Crippen LogP contribution in [0.2, 0.25) is 0 Å². The molecule has 0 radical (unpaired) electrons. The van der Waals surface area contributed by atoms with Gasteiger partial charge in [0.2, 0.25) is 10.0 Å². The lowest BCUT2D eigenvalue weighted by Gasteiger charge is -2.10. The molecular weight excluding hydrogens is 230 g/mol. The van der Waals surface area contributed by atoms with E-state index in [-0.39, 0.29) is 25.0 Å². The van der Waals surface area contributed by atoms with E-state index in [9.17, 15) is 13.2 Å². The van der Waals surface area contributed by atoms with E-state index in [2.05, 4.69) is 4.72 Å². The molecule has 0 spiro atoms. The SMILES string of the molecule is CC(C)OC(=O)CCCNS(=O)(=O)C(C)C. The van der Waals surface area contributed by atoms with Gasteiger partial charge in [-0.05, 0) is 34.1 Å². The van der Waals surface area contributed by atoms with E-state index in [1.54, 1.807) is 27.7 Å². The van der Waals surface area contributed by atoms with Crippen LogP contribution in [0.3, 0.4) is 0 Å². The van der Waals surface area contributed by atoms with Crippen molar-refractivity contribution in [2.75, 3.05) is 6.54 Å². The summed E-state index contributed by atoms with van der Waals surface area (Å²) in [6.45, 7) is 7.04. The van der Waals surface area contributed by atoms with Crippen molar-refractivity contribution in [3.05, 3.63) is 0 Å². The Hall–Kier alpha value is -0.620. The van der Waals surface area contributed by atoms with Crippen molar-refractivity contribution in [1.29, 1.82) is 0 Å². The molecule has 0 amide bonds. The molecule has 0 aromatic heterocycles. The van der Waals surface area contributed by atoms with Crippen molar-refractivity contribution in [2.45, 2.75) is 51.9 Å². The Morgan fingerprint density at radius 3 is 2.25 bits per heavy atom. The molecular formula is C10H21NO4S. The molecule has 0 aromatic rings. The number of hydrogen-bond donors (Lipinski definition) is 1. The predicted molar refractivity (Wildman–Crippen MR) is 62.5 cm³/mol. The molecule has 0 saturated heterocycles. The van der Waals surface area contributed by atoms with Crippen LogP contribution in [-0.2, 0) is 19.6 Å². The molecule has 0 fully saturated rings. The molecule has 96 valence electrons. The maximum Gasteiger partial charge on any atom is 0.306 e. The molecule has 0 unspecified atom stereocenters. The molecule has 0 aliphatic carbocycles. The summed E-state index contributed by atoms with van der Waals surface area (Å²) in [7, 11) is -3.22. The van der Waals surface area contributed by atoms with Crippen LogP contribution in [0.25, 0.3) is 0 Å². The Bertz CT molecular complexity index is 309. The summed E-state index contributed by atoms with van der Waals surface area (Å²) in [5, 5.41) is -0.449. The van der Waals surface area contributed by atoms with E-state index in [0.29, 0.717) is 6.42 Å². The third-order valence-corrected chi connectivity index (χ3v) is 3.70. The number of carbonyl (C=O) groups is 1. The molecule has 0 rings (SSSR count). The first-order valence-electron chi connectivity index (χ1n) is 5.43. The molecule has 16 heavy (non-hydrogen) atoms. The summed E-state index contributed by atoms with van der Waals surface area (Å²) in [5.41, 5.74) is 0. The van der Waals surface area contributed by atoms with E-state index in [4.69, 9.17) is 4.74 Å². The number of sulfonamides is 1. The monoisotopic (exact) mass is 251 g/mol. The van der Waals surface area contributed by atoms with Gasteiger partial charge >= 0.3 is 5.97 Å². The van der Waals surface area contributed by atoms with Crippen molar-refractivity contribution in [1.82, 2.24) is 4.72 Å². The van der Waals surface area contributed by atoms with Crippen LogP contribution < -0.4 is 4.72 Å². The Labute approximate surface area is 97.6 Å². The summed E-state index contributed by atoms with van der Waals surface area (Å²) >= 11 is 0. The zero-order valence-corrected chi connectivity index (χ0v) is 11.1. The highest BCUT2D eigenvalue weighted by Crippen LogP contribution is 1.99. The average Bonchev–Trinajstić information content (AvgIpc) is 2.11. The van der Waals surface area contributed by atoms with Gasteiger partial charge < -0.3 is 4.74 Å². The van der Waals surface area contributed by atoms with Crippen LogP contribution >= 0.6 is 0 Å². The maximum atomic E-state index is 11.3. The number of nitrogens with one attached hydrogen (secondary N) is 1. The van der Waals surface area contributed by atoms with Gasteiger partial charge in [-0.25, -0.2) is 13.1 Å². The van der Waals surface area contributed by atoms with Gasteiger partial charge in [0.15, 0.2) is 0 Å². The number of rotatable bonds is 7. The molecule has 0 aromatic carbocycles. The molecule has 0 bridgehead atoms. The first kappa shape index (κ1) is 15.4. The highest BCUT2D eigenvalue weighted by molar-refractivity contribution is 7.90. The Kier molecular flexibility index (Phi) is 6.59. The Morgan fingerprint density at radius 1 is 1.25 bits per heavy atom. The van der Waals surface area contributed by atoms with E-state index < -0.39 is 15.3 Å². The van der Waals surface area contributed by atoms with E-state index in [1.165, 1.54) is 0 Å². The maximum absolute atomic E-state index is 11.3. The lowest BCUT2D eigenvalue weighted by Crippen LogP contribution is -2.31. The zero-order chi connectivity index (χ0) is 12.8. The van der Waals surface area contributed by atoms with Gasteiger partial charge in [0, 0.05) is 13.0 Å². The summed E-state index contributed by atoms with van der Waals surface area (Å²) in [6.07, 6.45) is 0.566. The first-order valence-corrected chi connectivity index (χ1v) is 6.98. The zero-order valence-electron chi connectivity index (χ0n) is 10.3. The molecule has 1 N–H and O–H groups in total. The fourth-order valence-corrected chi connectivity index (χ4v) is 1.70. The minimum atomic E-state index is -3.22. The molecule has 0 saturated carbocycles. The highest BCUT2D eigenvalue weighted by Gasteiger charge is 2.14. The molecule has 0 aliphatic rings. The fraction of sp³-hybridized carbons (Fsp3) is 0.900. The van der Waals surface area contributed by atoms with Crippen LogP contribution in [-0.4, -0.2) is 32.3 Å². The molecule has 0 heterocycles. The first-order chi connectivity index (χ1) is 7.25. The minimum Gasteiger partial charge on any atom is -0.463 e. The number of carbonyl (C=O) groups excluding carboxylic acids is 1. The van der Waals surface area contributed by atoms with E-state index in [1.807, 2.05) is 0 Å². The third kappa shape index (κ3) is 6.79. The van der Waals surface area contributed by atoms with Crippen molar-refractivity contribution in [3.8, 4) is 0 Å². The number of ether oxygens (including phenoxy) is 1. The smallest absolute Gasteiger partial charge is 0.306 e.